The summed E-state index contributed by atoms with van der Waals surface area (Å²) in [4.78, 5) is 3.97. The van der Waals surface area contributed by atoms with E-state index in [0.29, 0.717) is 46.5 Å². The van der Waals surface area contributed by atoms with E-state index in [1.807, 2.05) is 0 Å². The SMILES string of the molecule is Nc1ccncc1C(O)c1cc(Cl)c2c(c1)OCCO2. The Hall–Kier alpha value is -1.98. The fraction of sp³-hybridized carbons (Fsp3) is 0.214. The maximum absolute atomic E-state index is 10.4. The quantitative estimate of drug-likeness (QED) is 0.887. The monoisotopic (exact) mass is 292 g/mol. The van der Waals surface area contributed by atoms with Crippen LogP contribution in [0.4, 0.5) is 5.69 Å². The van der Waals surface area contributed by atoms with Crippen molar-refractivity contribution in [1.82, 2.24) is 4.98 Å². The molecule has 1 aliphatic heterocycles. The number of aliphatic hydroxyl groups is 1. The first kappa shape index (κ1) is 13.0. The van der Waals surface area contributed by atoms with E-state index < -0.39 is 6.10 Å². The van der Waals surface area contributed by atoms with Crippen molar-refractivity contribution in [3.63, 3.8) is 0 Å². The molecule has 0 fully saturated rings. The number of anilines is 1. The lowest BCUT2D eigenvalue weighted by Gasteiger charge is -2.22. The third-order valence-corrected chi connectivity index (χ3v) is 3.40. The zero-order valence-corrected chi connectivity index (χ0v) is 11.3. The third kappa shape index (κ3) is 2.26. The second kappa shape index (κ2) is 5.19. The molecule has 3 rings (SSSR count). The molecule has 0 aliphatic carbocycles. The predicted molar refractivity (Wildman–Crippen MR) is 75.2 cm³/mol. The minimum atomic E-state index is -0.919. The van der Waals surface area contributed by atoms with Gasteiger partial charge in [0.25, 0.3) is 0 Å². The first-order valence-electron chi connectivity index (χ1n) is 6.13. The number of pyridine rings is 1. The zero-order valence-electron chi connectivity index (χ0n) is 10.5. The number of hydrogen-bond acceptors (Lipinski definition) is 5. The van der Waals surface area contributed by atoms with E-state index in [1.54, 1.807) is 24.4 Å². The molecule has 1 aliphatic rings. The summed E-state index contributed by atoms with van der Waals surface area (Å²) >= 11 is 6.16. The van der Waals surface area contributed by atoms with Crippen LogP contribution in [0.1, 0.15) is 17.2 Å². The summed E-state index contributed by atoms with van der Waals surface area (Å²) in [5.41, 5.74) is 7.43. The van der Waals surface area contributed by atoms with Gasteiger partial charge in [0.15, 0.2) is 11.5 Å². The Labute approximate surface area is 120 Å². The maximum Gasteiger partial charge on any atom is 0.179 e. The van der Waals surface area contributed by atoms with E-state index in [4.69, 9.17) is 26.8 Å². The molecule has 104 valence electrons. The number of halogens is 1. The number of hydrogen-bond donors (Lipinski definition) is 2. The summed E-state index contributed by atoms with van der Waals surface area (Å²) in [5.74, 6) is 1.04. The molecule has 1 unspecified atom stereocenters. The standard InChI is InChI=1S/C14H13ClN2O3/c15-10-5-8(6-12-14(10)20-4-3-19-12)13(18)9-7-17-2-1-11(9)16/h1-2,5-7,13,18H,3-4H2,(H2,16,17). The summed E-state index contributed by atoms with van der Waals surface area (Å²) in [5, 5.41) is 10.8. The van der Waals surface area contributed by atoms with Gasteiger partial charge >= 0.3 is 0 Å². The van der Waals surface area contributed by atoms with Crippen molar-refractivity contribution in [2.45, 2.75) is 6.10 Å². The molecule has 1 atom stereocenters. The van der Waals surface area contributed by atoms with E-state index in [9.17, 15) is 5.11 Å². The Bertz CT molecular complexity index is 648. The van der Waals surface area contributed by atoms with Crippen LogP contribution in [0.15, 0.2) is 30.6 Å². The van der Waals surface area contributed by atoms with Gasteiger partial charge < -0.3 is 20.3 Å². The Kier molecular flexibility index (Phi) is 3.38. The van der Waals surface area contributed by atoms with Gasteiger partial charge in [-0.15, -0.1) is 0 Å². The Morgan fingerprint density at radius 3 is 2.90 bits per heavy atom. The van der Waals surface area contributed by atoms with Gasteiger partial charge in [-0.3, -0.25) is 4.98 Å². The normalized spacial score (nSPS) is 14.9. The summed E-state index contributed by atoms with van der Waals surface area (Å²) in [6.07, 6.45) is 2.18. The van der Waals surface area contributed by atoms with Crippen molar-refractivity contribution >= 4 is 17.3 Å². The highest BCUT2D eigenvalue weighted by Gasteiger charge is 2.21. The van der Waals surface area contributed by atoms with Gasteiger partial charge in [-0.1, -0.05) is 11.6 Å². The number of benzene rings is 1. The molecule has 20 heavy (non-hydrogen) atoms. The lowest BCUT2D eigenvalue weighted by molar-refractivity contribution is 0.170. The third-order valence-electron chi connectivity index (χ3n) is 3.12. The average Bonchev–Trinajstić information content (AvgIpc) is 2.47. The fourth-order valence-corrected chi connectivity index (χ4v) is 2.39. The van der Waals surface area contributed by atoms with Gasteiger partial charge in [0.2, 0.25) is 0 Å². The molecule has 5 nitrogen and oxygen atoms in total. The Morgan fingerprint density at radius 1 is 1.30 bits per heavy atom. The molecule has 2 heterocycles. The second-order valence-electron chi connectivity index (χ2n) is 4.43. The van der Waals surface area contributed by atoms with Crippen LogP contribution >= 0.6 is 11.6 Å². The molecule has 0 spiro atoms. The van der Waals surface area contributed by atoms with Gasteiger partial charge in [-0.2, -0.15) is 0 Å². The maximum atomic E-state index is 10.4. The van der Waals surface area contributed by atoms with Crippen LogP contribution in [0.5, 0.6) is 11.5 Å². The van der Waals surface area contributed by atoms with Crippen molar-refractivity contribution in [2.75, 3.05) is 18.9 Å². The number of aliphatic hydroxyl groups excluding tert-OH is 1. The van der Waals surface area contributed by atoms with Crippen LogP contribution in [-0.2, 0) is 0 Å². The van der Waals surface area contributed by atoms with E-state index in [1.165, 1.54) is 6.20 Å². The molecular formula is C14H13ClN2O3. The van der Waals surface area contributed by atoms with E-state index in [-0.39, 0.29) is 0 Å². The van der Waals surface area contributed by atoms with E-state index >= 15 is 0 Å². The smallest absolute Gasteiger partial charge is 0.179 e. The summed E-state index contributed by atoms with van der Waals surface area (Å²) in [6, 6.07) is 4.99. The minimum Gasteiger partial charge on any atom is -0.486 e. The number of nitrogen functional groups attached to an aromatic ring is 1. The molecule has 0 bridgehead atoms. The molecule has 6 heteroatoms. The number of nitrogens with zero attached hydrogens (tertiary/aromatic N) is 1. The van der Waals surface area contributed by atoms with Crippen LogP contribution in [0.25, 0.3) is 0 Å². The topological polar surface area (TPSA) is 77.6 Å². The van der Waals surface area contributed by atoms with Crippen LogP contribution in [0, 0.1) is 0 Å². The number of rotatable bonds is 2. The summed E-state index contributed by atoms with van der Waals surface area (Å²) in [7, 11) is 0. The Morgan fingerprint density at radius 2 is 2.10 bits per heavy atom. The summed E-state index contributed by atoms with van der Waals surface area (Å²) < 4.78 is 10.9. The van der Waals surface area contributed by atoms with Crippen molar-refractivity contribution in [3.8, 4) is 11.5 Å². The average molecular weight is 293 g/mol. The first-order chi connectivity index (χ1) is 9.66. The fourth-order valence-electron chi connectivity index (χ4n) is 2.11. The van der Waals surface area contributed by atoms with Crippen molar-refractivity contribution in [2.24, 2.45) is 0 Å². The largest absolute Gasteiger partial charge is 0.486 e. The van der Waals surface area contributed by atoms with Gasteiger partial charge in [0.1, 0.15) is 19.3 Å². The van der Waals surface area contributed by atoms with Crippen molar-refractivity contribution < 1.29 is 14.6 Å². The number of nitrogens with two attached hydrogens (primary N) is 1. The molecule has 1 aromatic heterocycles. The lowest BCUT2D eigenvalue weighted by Crippen LogP contribution is -2.16. The van der Waals surface area contributed by atoms with E-state index in [0.717, 1.165) is 0 Å². The minimum absolute atomic E-state index is 0.402. The predicted octanol–water partition coefficient (Wildman–Crippen LogP) is 2.17. The van der Waals surface area contributed by atoms with E-state index in [2.05, 4.69) is 4.98 Å². The highest BCUT2D eigenvalue weighted by molar-refractivity contribution is 6.32. The number of fused-ring (bicyclic) bond motifs is 1. The van der Waals surface area contributed by atoms with Crippen LogP contribution in [0.3, 0.4) is 0 Å². The highest BCUT2D eigenvalue weighted by atomic mass is 35.5. The molecule has 0 amide bonds. The molecule has 1 aromatic carbocycles. The molecule has 2 aromatic rings. The van der Waals surface area contributed by atoms with Gasteiger partial charge in [0.05, 0.1) is 5.02 Å². The second-order valence-corrected chi connectivity index (χ2v) is 4.84. The molecule has 0 saturated carbocycles. The summed E-state index contributed by atoms with van der Waals surface area (Å²) in [6.45, 7) is 0.919. The van der Waals surface area contributed by atoms with Crippen LogP contribution in [-0.4, -0.2) is 23.3 Å². The van der Waals surface area contributed by atoms with Crippen LogP contribution < -0.4 is 15.2 Å². The van der Waals surface area contributed by atoms with Crippen molar-refractivity contribution in [3.05, 3.63) is 46.7 Å². The van der Waals surface area contributed by atoms with Gasteiger partial charge in [-0.25, -0.2) is 0 Å². The lowest BCUT2D eigenvalue weighted by atomic mass is 10.0. The number of aromatic nitrogens is 1. The first-order valence-corrected chi connectivity index (χ1v) is 6.51. The van der Waals surface area contributed by atoms with Gasteiger partial charge in [-0.05, 0) is 23.8 Å². The molecule has 0 radical (unpaired) electrons. The number of ether oxygens (including phenoxy) is 2. The van der Waals surface area contributed by atoms with Gasteiger partial charge in [0, 0.05) is 23.6 Å². The zero-order chi connectivity index (χ0) is 14.1. The molecule has 0 saturated heterocycles. The highest BCUT2D eigenvalue weighted by Crippen LogP contribution is 2.41. The Balaban J connectivity index is 2.02. The van der Waals surface area contributed by atoms with Crippen molar-refractivity contribution in [1.29, 1.82) is 0 Å². The molecular weight excluding hydrogens is 280 g/mol. The van der Waals surface area contributed by atoms with Crippen LogP contribution in [0.2, 0.25) is 5.02 Å². The molecule has 3 N–H and O–H groups in total.